The van der Waals surface area contributed by atoms with Crippen molar-refractivity contribution in [3.8, 4) is 5.19 Å². The molecule has 0 bridgehead atoms. The average molecular weight is 276 g/mol. The molecule has 0 aliphatic carbocycles. The van der Waals surface area contributed by atoms with Gasteiger partial charge < -0.3 is 9.64 Å². The fourth-order valence-corrected chi connectivity index (χ4v) is 2.78. The zero-order valence-corrected chi connectivity index (χ0v) is 11.6. The van der Waals surface area contributed by atoms with Crippen LogP contribution in [0.1, 0.15) is 18.5 Å². The Bertz CT molecular complexity index is 523. The number of piperidine rings is 1. The molecule has 1 saturated heterocycles. The van der Waals surface area contributed by atoms with Crippen molar-refractivity contribution in [3.05, 3.63) is 29.7 Å². The summed E-state index contributed by atoms with van der Waals surface area (Å²) >= 11 is 1.55. The van der Waals surface area contributed by atoms with Crippen molar-refractivity contribution in [2.75, 3.05) is 18.0 Å². The summed E-state index contributed by atoms with van der Waals surface area (Å²) in [7, 11) is 0. The minimum Gasteiger partial charge on any atom is -0.467 e. The Kier molecular flexibility index (Phi) is 3.59. The summed E-state index contributed by atoms with van der Waals surface area (Å²) in [5.41, 5.74) is 1.01. The van der Waals surface area contributed by atoms with Crippen molar-refractivity contribution in [2.45, 2.75) is 25.9 Å². The maximum absolute atomic E-state index is 5.85. The molecule has 0 saturated carbocycles. The van der Waals surface area contributed by atoms with Gasteiger partial charge in [-0.15, -0.1) is 0 Å². The van der Waals surface area contributed by atoms with E-state index in [0.717, 1.165) is 42.6 Å². The molecule has 0 aromatic carbocycles. The van der Waals surface area contributed by atoms with Gasteiger partial charge in [0.05, 0.1) is 0 Å². The van der Waals surface area contributed by atoms with E-state index in [1.165, 1.54) is 0 Å². The van der Waals surface area contributed by atoms with Crippen LogP contribution in [0.15, 0.2) is 24.0 Å². The van der Waals surface area contributed by atoms with Gasteiger partial charge in [0, 0.05) is 49.3 Å². The van der Waals surface area contributed by atoms with Gasteiger partial charge in [0.15, 0.2) is 0 Å². The Labute approximate surface area is 116 Å². The van der Waals surface area contributed by atoms with E-state index in [0.29, 0.717) is 0 Å². The number of aryl methyl sites for hydroxylation is 1. The van der Waals surface area contributed by atoms with Gasteiger partial charge >= 0.3 is 0 Å². The molecule has 3 heterocycles. The third-order valence-corrected chi connectivity index (χ3v) is 3.89. The summed E-state index contributed by atoms with van der Waals surface area (Å²) in [6, 6.07) is 2.03. The SMILES string of the molecule is Cc1cc(N2CCC(Oc3nccs3)CC2)ncn1. The predicted molar refractivity (Wildman–Crippen MR) is 74.7 cm³/mol. The van der Waals surface area contributed by atoms with E-state index in [2.05, 4.69) is 19.9 Å². The van der Waals surface area contributed by atoms with Crippen molar-refractivity contribution in [3.63, 3.8) is 0 Å². The standard InChI is InChI=1S/C13H16N4OS/c1-10-8-12(16-9-15-10)17-5-2-11(3-6-17)18-13-14-4-7-19-13/h4,7-9,11H,2-3,5-6H2,1H3. The number of hydrogen-bond acceptors (Lipinski definition) is 6. The van der Waals surface area contributed by atoms with E-state index in [9.17, 15) is 0 Å². The smallest absolute Gasteiger partial charge is 0.273 e. The minimum atomic E-state index is 0.269. The molecule has 0 atom stereocenters. The molecule has 1 fully saturated rings. The number of ether oxygens (including phenoxy) is 1. The number of thiazole rings is 1. The summed E-state index contributed by atoms with van der Waals surface area (Å²) in [5.74, 6) is 1.01. The Morgan fingerprint density at radius 1 is 1.26 bits per heavy atom. The summed E-state index contributed by atoms with van der Waals surface area (Å²) in [6.45, 7) is 3.92. The van der Waals surface area contributed by atoms with Crippen LogP contribution in [0.2, 0.25) is 0 Å². The van der Waals surface area contributed by atoms with E-state index in [1.54, 1.807) is 23.9 Å². The highest BCUT2D eigenvalue weighted by Gasteiger charge is 2.22. The van der Waals surface area contributed by atoms with E-state index < -0.39 is 0 Å². The first-order valence-electron chi connectivity index (χ1n) is 6.41. The average Bonchev–Trinajstić information content (AvgIpc) is 2.92. The highest BCUT2D eigenvalue weighted by Crippen LogP contribution is 2.23. The summed E-state index contributed by atoms with van der Waals surface area (Å²) in [5, 5.41) is 2.71. The molecule has 0 N–H and O–H groups in total. The fraction of sp³-hybridized carbons (Fsp3) is 0.462. The second-order valence-corrected chi connectivity index (χ2v) is 5.48. The van der Waals surface area contributed by atoms with Gasteiger partial charge in [-0.2, -0.15) is 0 Å². The quantitative estimate of drug-likeness (QED) is 0.861. The highest BCUT2D eigenvalue weighted by molar-refractivity contribution is 7.11. The monoisotopic (exact) mass is 276 g/mol. The van der Waals surface area contributed by atoms with Crippen molar-refractivity contribution in [2.24, 2.45) is 0 Å². The van der Waals surface area contributed by atoms with Crippen molar-refractivity contribution < 1.29 is 4.74 Å². The molecular weight excluding hydrogens is 260 g/mol. The molecule has 2 aromatic heterocycles. The van der Waals surface area contributed by atoms with E-state index in [-0.39, 0.29) is 6.10 Å². The predicted octanol–water partition coefficient (Wildman–Crippen LogP) is 2.29. The Hall–Kier alpha value is -1.69. The third kappa shape index (κ3) is 3.01. The van der Waals surface area contributed by atoms with E-state index in [1.807, 2.05) is 18.4 Å². The molecule has 5 nitrogen and oxygen atoms in total. The van der Waals surface area contributed by atoms with Gasteiger partial charge in [0.1, 0.15) is 18.2 Å². The van der Waals surface area contributed by atoms with Gasteiger partial charge in [-0.3, -0.25) is 0 Å². The number of hydrogen-bond donors (Lipinski definition) is 0. The molecule has 0 spiro atoms. The molecule has 0 amide bonds. The first-order chi connectivity index (χ1) is 9.31. The van der Waals surface area contributed by atoms with Gasteiger partial charge in [-0.1, -0.05) is 11.3 Å². The van der Waals surface area contributed by atoms with Crippen molar-refractivity contribution in [1.82, 2.24) is 15.0 Å². The van der Waals surface area contributed by atoms with Crippen LogP contribution >= 0.6 is 11.3 Å². The summed E-state index contributed by atoms with van der Waals surface area (Å²) < 4.78 is 5.85. The van der Waals surface area contributed by atoms with Gasteiger partial charge in [-0.05, 0) is 6.92 Å². The molecule has 0 radical (unpaired) electrons. The van der Waals surface area contributed by atoms with E-state index in [4.69, 9.17) is 4.74 Å². The maximum Gasteiger partial charge on any atom is 0.273 e. The van der Waals surface area contributed by atoms with Crippen LogP contribution in [0.25, 0.3) is 0 Å². The zero-order valence-electron chi connectivity index (χ0n) is 10.8. The number of nitrogens with zero attached hydrogens (tertiary/aromatic N) is 4. The van der Waals surface area contributed by atoms with Gasteiger partial charge in [-0.25, -0.2) is 15.0 Å². The zero-order chi connectivity index (χ0) is 13.1. The second-order valence-electron chi connectivity index (χ2n) is 4.62. The summed E-state index contributed by atoms with van der Waals surface area (Å²) in [4.78, 5) is 14.9. The normalized spacial score (nSPS) is 16.6. The lowest BCUT2D eigenvalue weighted by Gasteiger charge is -2.32. The molecule has 1 aliphatic heterocycles. The minimum absolute atomic E-state index is 0.269. The Morgan fingerprint density at radius 2 is 2.11 bits per heavy atom. The van der Waals surface area contributed by atoms with Crippen LogP contribution in [0, 0.1) is 6.92 Å². The molecule has 6 heteroatoms. The van der Waals surface area contributed by atoms with Gasteiger partial charge in [0.25, 0.3) is 5.19 Å². The fourth-order valence-electron chi connectivity index (χ4n) is 2.23. The maximum atomic E-state index is 5.85. The van der Waals surface area contributed by atoms with Gasteiger partial charge in [0.2, 0.25) is 0 Å². The molecular formula is C13H16N4OS. The largest absolute Gasteiger partial charge is 0.467 e. The molecule has 2 aromatic rings. The van der Waals surface area contributed by atoms with Crippen LogP contribution in [0.3, 0.4) is 0 Å². The summed E-state index contributed by atoms with van der Waals surface area (Å²) in [6.07, 6.45) is 5.68. The van der Waals surface area contributed by atoms with Crippen LogP contribution in [0.5, 0.6) is 5.19 Å². The molecule has 19 heavy (non-hydrogen) atoms. The molecule has 0 unspecified atom stereocenters. The van der Waals surface area contributed by atoms with Crippen LogP contribution < -0.4 is 9.64 Å². The van der Waals surface area contributed by atoms with Crippen LogP contribution in [0.4, 0.5) is 5.82 Å². The molecule has 3 rings (SSSR count). The lowest BCUT2D eigenvalue weighted by molar-refractivity contribution is 0.170. The number of anilines is 1. The first-order valence-corrected chi connectivity index (χ1v) is 7.29. The Morgan fingerprint density at radius 3 is 2.79 bits per heavy atom. The van der Waals surface area contributed by atoms with Crippen LogP contribution in [-0.4, -0.2) is 34.1 Å². The Balaban J connectivity index is 1.57. The lowest BCUT2D eigenvalue weighted by Crippen LogP contribution is -2.38. The topological polar surface area (TPSA) is 51.1 Å². The lowest BCUT2D eigenvalue weighted by atomic mass is 10.1. The van der Waals surface area contributed by atoms with Crippen LogP contribution in [-0.2, 0) is 0 Å². The van der Waals surface area contributed by atoms with Crippen molar-refractivity contribution in [1.29, 1.82) is 0 Å². The van der Waals surface area contributed by atoms with E-state index >= 15 is 0 Å². The molecule has 100 valence electrons. The van der Waals surface area contributed by atoms with Crippen molar-refractivity contribution >= 4 is 17.2 Å². The number of rotatable bonds is 3. The third-order valence-electron chi connectivity index (χ3n) is 3.23. The molecule has 1 aliphatic rings. The second kappa shape index (κ2) is 5.52. The first kappa shape index (κ1) is 12.3. The number of aromatic nitrogens is 3. The highest BCUT2D eigenvalue weighted by atomic mass is 32.1.